The first-order chi connectivity index (χ1) is 9.80. The van der Waals surface area contributed by atoms with Crippen molar-refractivity contribution in [3.8, 4) is 0 Å². The molecular weight excluding hydrogens is 290 g/mol. The third-order valence-corrected chi connectivity index (χ3v) is 4.99. The van der Waals surface area contributed by atoms with Crippen LogP contribution >= 0.6 is 11.3 Å². The van der Waals surface area contributed by atoms with Gasteiger partial charge in [0.1, 0.15) is 0 Å². The van der Waals surface area contributed by atoms with E-state index in [0.717, 1.165) is 18.5 Å². The lowest BCUT2D eigenvalue weighted by atomic mass is 9.74. The highest BCUT2D eigenvalue weighted by molar-refractivity contribution is 7.13. The number of amides is 2. The van der Waals surface area contributed by atoms with E-state index in [-0.39, 0.29) is 11.9 Å². The zero-order valence-electron chi connectivity index (χ0n) is 12.5. The number of rotatable bonds is 3. The molecule has 2 N–H and O–H groups in total. The average Bonchev–Trinajstić information content (AvgIpc) is 2.84. The van der Waals surface area contributed by atoms with Crippen LogP contribution < -0.4 is 5.32 Å². The van der Waals surface area contributed by atoms with Gasteiger partial charge in [-0.1, -0.05) is 0 Å². The number of nitrogens with zero attached hydrogens (tertiary/aromatic N) is 2. The number of urea groups is 1. The molecule has 21 heavy (non-hydrogen) atoms. The van der Waals surface area contributed by atoms with Crippen molar-refractivity contribution in [3.05, 3.63) is 11.1 Å². The predicted octanol–water partition coefficient (Wildman–Crippen LogP) is 2.81. The molecule has 0 bridgehead atoms. The van der Waals surface area contributed by atoms with E-state index in [4.69, 9.17) is 0 Å². The average molecular weight is 311 g/mol. The second-order valence-electron chi connectivity index (χ2n) is 6.04. The summed E-state index contributed by atoms with van der Waals surface area (Å²) in [6.45, 7) is 6.45. The number of carbonyl (C=O) groups is 2. The third kappa shape index (κ3) is 3.53. The normalized spacial score (nSPS) is 19.4. The van der Waals surface area contributed by atoms with E-state index in [1.165, 1.54) is 11.3 Å². The first-order valence-electron chi connectivity index (χ1n) is 7.02. The SMILES string of the molecule is Cc1csc(NC(=O)N2CCCC(C(C)(C)C(=O)O)C2)n1. The van der Waals surface area contributed by atoms with E-state index in [2.05, 4.69) is 10.3 Å². The predicted molar refractivity (Wildman–Crippen MR) is 81.6 cm³/mol. The van der Waals surface area contributed by atoms with E-state index in [0.29, 0.717) is 18.2 Å². The number of hydrogen-bond acceptors (Lipinski definition) is 4. The van der Waals surface area contributed by atoms with E-state index < -0.39 is 11.4 Å². The first kappa shape index (κ1) is 15.8. The van der Waals surface area contributed by atoms with Gasteiger partial charge >= 0.3 is 12.0 Å². The fraction of sp³-hybridized carbons (Fsp3) is 0.643. The topological polar surface area (TPSA) is 82.5 Å². The van der Waals surface area contributed by atoms with Crippen LogP contribution in [0.25, 0.3) is 0 Å². The van der Waals surface area contributed by atoms with Crippen LogP contribution in [0.3, 0.4) is 0 Å². The molecule has 2 rings (SSSR count). The largest absolute Gasteiger partial charge is 0.481 e. The van der Waals surface area contributed by atoms with Crippen LogP contribution in [-0.2, 0) is 4.79 Å². The van der Waals surface area contributed by atoms with Gasteiger partial charge in [-0.3, -0.25) is 10.1 Å². The van der Waals surface area contributed by atoms with Crippen LogP contribution in [0.5, 0.6) is 0 Å². The van der Waals surface area contributed by atoms with Crippen molar-refractivity contribution < 1.29 is 14.7 Å². The summed E-state index contributed by atoms with van der Waals surface area (Å²) in [6.07, 6.45) is 1.66. The molecule has 116 valence electrons. The van der Waals surface area contributed by atoms with Crippen LogP contribution in [0.4, 0.5) is 9.93 Å². The standard InChI is InChI=1S/C14H21N3O3S/c1-9-8-21-12(15-9)16-13(20)17-6-4-5-10(7-17)14(2,3)11(18)19/h8,10H,4-7H2,1-3H3,(H,18,19)(H,15,16,20). The van der Waals surface area contributed by atoms with Crippen LogP contribution in [0, 0.1) is 18.3 Å². The van der Waals surface area contributed by atoms with Crippen molar-refractivity contribution in [2.75, 3.05) is 18.4 Å². The van der Waals surface area contributed by atoms with Gasteiger partial charge in [-0.2, -0.15) is 0 Å². The molecule has 1 aromatic rings. The first-order valence-corrected chi connectivity index (χ1v) is 7.90. The Morgan fingerprint density at radius 3 is 2.81 bits per heavy atom. The number of aliphatic carboxylic acids is 1. The van der Waals surface area contributed by atoms with Gasteiger partial charge in [0.2, 0.25) is 0 Å². The highest BCUT2D eigenvalue weighted by atomic mass is 32.1. The Morgan fingerprint density at radius 1 is 1.52 bits per heavy atom. The molecule has 0 aromatic carbocycles. The van der Waals surface area contributed by atoms with Gasteiger partial charge in [0, 0.05) is 18.5 Å². The number of aromatic nitrogens is 1. The van der Waals surface area contributed by atoms with E-state index >= 15 is 0 Å². The highest BCUT2D eigenvalue weighted by Gasteiger charge is 2.40. The fourth-order valence-corrected chi connectivity index (χ4v) is 3.19. The maximum atomic E-state index is 12.3. The minimum Gasteiger partial charge on any atom is -0.481 e. The molecule has 0 saturated carbocycles. The Morgan fingerprint density at radius 2 is 2.24 bits per heavy atom. The molecule has 2 amide bonds. The molecule has 6 nitrogen and oxygen atoms in total. The number of likely N-dealkylation sites (tertiary alicyclic amines) is 1. The zero-order valence-corrected chi connectivity index (χ0v) is 13.4. The minimum absolute atomic E-state index is 0.0347. The smallest absolute Gasteiger partial charge is 0.323 e. The summed E-state index contributed by atoms with van der Waals surface area (Å²) < 4.78 is 0. The number of aryl methyl sites for hydroxylation is 1. The third-order valence-electron chi connectivity index (χ3n) is 4.11. The van der Waals surface area contributed by atoms with Crippen molar-refractivity contribution in [3.63, 3.8) is 0 Å². The number of nitrogens with one attached hydrogen (secondary N) is 1. The molecule has 1 fully saturated rings. The summed E-state index contributed by atoms with van der Waals surface area (Å²) in [6, 6.07) is -0.199. The van der Waals surface area contributed by atoms with Gasteiger partial charge < -0.3 is 10.0 Å². The maximum absolute atomic E-state index is 12.3. The van der Waals surface area contributed by atoms with E-state index in [9.17, 15) is 14.7 Å². The van der Waals surface area contributed by atoms with Gasteiger partial charge in [0.15, 0.2) is 5.13 Å². The number of carboxylic acid groups (broad SMARTS) is 1. The molecule has 0 spiro atoms. The quantitative estimate of drug-likeness (QED) is 0.899. The number of hydrogen-bond donors (Lipinski definition) is 2. The van der Waals surface area contributed by atoms with Crippen LogP contribution in [0.1, 0.15) is 32.4 Å². The van der Waals surface area contributed by atoms with Crippen molar-refractivity contribution in [1.29, 1.82) is 0 Å². The van der Waals surface area contributed by atoms with Crippen LogP contribution in [0.2, 0.25) is 0 Å². The summed E-state index contributed by atoms with van der Waals surface area (Å²) >= 11 is 1.39. The van der Waals surface area contributed by atoms with Gasteiger partial charge in [-0.25, -0.2) is 9.78 Å². The molecule has 1 aromatic heterocycles. The summed E-state index contributed by atoms with van der Waals surface area (Å²) in [5.74, 6) is -0.849. The fourth-order valence-electron chi connectivity index (χ4n) is 2.51. The van der Waals surface area contributed by atoms with Crippen molar-refractivity contribution in [2.45, 2.75) is 33.6 Å². The Labute approximate surface area is 128 Å². The van der Waals surface area contributed by atoms with Gasteiger partial charge in [-0.05, 0) is 39.5 Å². The summed E-state index contributed by atoms with van der Waals surface area (Å²) in [7, 11) is 0. The molecule has 1 aliphatic rings. The van der Waals surface area contributed by atoms with Gasteiger partial charge in [0.05, 0.1) is 11.1 Å². The second-order valence-corrected chi connectivity index (χ2v) is 6.89. The Balaban J connectivity index is 2.00. The molecule has 1 aliphatic heterocycles. The minimum atomic E-state index is -0.823. The van der Waals surface area contributed by atoms with E-state index in [1.807, 2.05) is 12.3 Å². The number of piperidine rings is 1. The lowest BCUT2D eigenvalue weighted by molar-refractivity contribution is -0.151. The Bertz CT molecular complexity index is 541. The Hall–Kier alpha value is -1.63. The summed E-state index contributed by atoms with van der Waals surface area (Å²) in [5.41, 5.74) is 0.0512. The zero-order chi connectivity index (χ0) is 15.6. The van der Waals surface area contributed by atoms with Crippen LogP contribution in [-0.4, -0.2) is 40.1 Å². The van der Waals surface area contributed by atoms with Gasteiger partial charge in [0.25, 0.3) is 0 Å². The van der Waals surface area contributed by atoms with Crippen molar-refractivity contribution in [2.24, 2.45) is 11.3 Å². The highest BCUT2D eigenvalue weighted by Crippen LogP contribution is 2.34. The molecule has 1 unspecified atom stereocenters. The van der Waals surface area contributed by atoms with E-state index in [1.54, 1.807) is 18.7 Å². The molecule has 7 heteroatoms. The van der Waals surface area contributed by atoms with Crippen molar-refractivity contribution >= 4 is 28.5 Å². The molecule has 0 radical (unpaired) electrons. The number of thiazole rings is 1. The lowest BCUT2D eigenvalue weighted by Gasteiger charge is -2.39. The molecule has 1 saturated heterocycles. The van der Waals surface area contributed by atoms with Crippen LogP contribution in [0.15, 0.2) is 5.38 Å². The monoisotopic (exact) mass is 311 g/mol. The van der Waals surface area contributed by atoms with Crippen molar-refractivity contribution in [1.82, 2.24) is 9.88 Å². The molecule has 0 aliphatic carbocycles. The maximum Gasteiger partial charge on any atom is 0.323 e. The molecule has 1 atom stereocenters. The second kappa shape index (κ2) is 6.01. The molecular formula is C14H21N3O3S. The number of carboxylic acids is 1. The lowest BCUT2D eigenvalue weighted by Crippen LogP contribution is -2.48. The van der Waals surface area contributed by atoms with Gasteiger partial charge in [-0.15, -0.1) is 11.3 Å². The molecule has 2 heterocycles. The number of carbonyl (C=O) groups excluding carboxylic acids is 1. The summed E-state index contributed by atoms with van der Waals surface area (Å²) in [4.78, 5) is 29.5. The number of anilines is 1. The Kier molecular flexibility index (Phi) is 4.51. The summed E-state index contributed by atoms with van der Waals surface area (Å²) in [5, 5.41) is 14.6.